The van der Waals surface area contributed by atoms with Crippen molar-refractivity contribution in [3.63, 3.8) is 0 Å². The predicted octanol–water partition coefficient (Wildman–Crippen LogP) is 3.19. The molecule has 0 unspecified atom stereocenters. The zero-order valence-electron chi connectivity index (χ0n) is 13.9. The molecule has 132 valence electrons. The Labute approximate surface area is 151 Å². The lowest BCUT2D eigenvalue weighted by atomic mass is 10.1. The Balaban J connectivity index is 2.33. The SMILES string of the molecule is CC(=O)c1cccc(NC(=O)c2cc(N(C)S(C)(=O)=O)ccc2Cl)c1. The Morgan fingerprint density at radius 1 is 1.12 bits per heavy atom. The highest BCUT2D eigenvalue weighted by atomic mass is 35.5. The van der Waals surface area contributed by atoms with Crippen LogP contribution >= 0.6 is 11.6 Å². The molecular formula is C17H17ClN2O4S. The molecule has 0 atom stereocenters. The van der Waals surface area contributed by atoms with Crippen molar-refractivity contribution in [1.29, 1.82) is 0 Å². The van der Waals surface area contributed by atoms with Gasteiger partial charge in [-0.15, -0.1) is 0 Å². The molecule has 0 radical (unpaired) electrons. The molecule has 0 spiro atoms. The molecule has 1 N–H and O–H groups in total. The smallest absolute Gasteiger partial charge is 0.257 e. The molecule has 2 rings (SSSR count). The number of carbonyl (C=O) groups excluding carboxylic acids is 2. The van der Waals surface area contributed by atoms with Crippen LogP contribution in [0.5, 0.6) is 0 Å². The topological polar surface area (TPSA) is 83.6 Å². The van der Waals surface area contributed by atoms with Gasteiger partial charge in [0.2, 0.25) is 10.0 Å². The zero-order chi connectivity index (χ0) is 18.8. The maximum Gasteiger partial charge on any atom is 0.257 e. The number of nitrogens with one attached hydrogen (secondary N) is 1. The van der Waals surface area contributed by atoms with E-state index in [0.29, 0.717) is 16.9 Å². The average Bonchev–Trinajstić information content (AvgIpc) is 2.54. The fourth-order valence-corrected chi connectivity index (χ4v) is 2.79. The number of sulfonamides is 1. The lowest BCUT2D eigenvalue weighted by Crippen LogP contribution is -2.25. The van der Waals surface area contributed by atoms with Crippen molar-refractivity contribution in [2.24, 2.45) is 0 Å². The molecule has 0 aliphatic rings. The van der Waals surface area contributed by atoms with Crippen LogP contribution in [-0.2, 0) is 10.0 Å². The largest absolute Gasteiger partial charge is 0.322 e. The molecule has 25 heavy (non-hydrogen) atoms. The molecule has 0 bridgehead atoms. The summed E-state index contributed by atoms with van der Waals surface area (Å²) in [4.78, 5) is 23.9. The molecule has 6 nitrogen and oxygen atoms in total. The number of halogens is 1. The summed E-state index contributed by atoms with van der Waals surface area (Å²) in [6.45, 7) is 1.43. The third-order valence-corrected chi connectivity index (χ3v) is 5.12. The number of ketones is 1. The summed E-state index contributed by atoms with van der Waals surface area (Å²) in [6.07, 6.45) is 1.06. The van der Waals surface area contributed by atoms with Crippen LogP contribution in [0.4, 0.5) is 11.4 Å². The first-order valence-corrected chi connectivity index (χ1v) is 9.48. The zero-order valence-corrected chi connectivity index (χ0v) is 15.5. The Morgan fingerprint density at radius 2 is 1.80 bits per heavy atom. The summed E-state index contributed by atoms with van der Waals surface area (Å²) in [5.41, 5.74) is 1.35. The highest BCUT2D eigenvalue weighted by molar-refractivity contribution is 7.92. The van der Waals surface area contributed by atoms with Gasteiger partial charge in [0.05, 0.1) is 22.5 Å². The van der Waals surface area contributed by atoms with Crippen molar-refractivity contribution in [1.82, 2.24) is 0 Å². The molecule has 0 saturated heterocycles. The predicted molar refractivity (Wildman–Crippen MR) is 99.1 cm³/mol. The fraction of sp³-hybridized carbons (Fsp3) is 0.176. The third kappa shape index (κ3) is 4.58. The first-order valence-electron chi connectivity index (χ1n) is 7.25. The second kappa shape index (κ2) is 7.25. The van der Waals surface area contributed by atoms with Gasteiger partial charge in [0.25, 0.3) is 5.91 Å². The quantitative estimate of drug-likeness (QED) is 0.807. The lowest BCUT2D eigenvalue weighted by Gasteiger charge is -2.18. The number of benzene rings is 2. The van der Waals surface area contributed by atoms with Gasteiger partial charge in [-0.3, -0.25) is 13.9 Å². The first-order chi connectivity index (χ1) is 11.6. The molecule has 0 heterocycles. The standard InChI is InChI=1S/C17H17ClN2O4S/c1-11(21)12-5-4-6-13(9-12)19-17(22)15-10-14(7-8-16(15)18)20(2)25(3,23)24/h4-10H,1-3H3,(H,19,22). The van der Waals surface area contributed by atoms with Gasteiger partial charge in [0.15, 0.2) is 5.78 Å². The molecule has 2 aromatic rings. The highest BCUT2D eigenvalue weighted by Crippen LogP contribution is 2.25. The summed E-state index contributed by atoms with van der Waals surface area (Å²) in [7, 11) is -2.08. The maximum atomic E-state index is 12.5. The Hall–Kier alpha value is -2.38. The van der Waals surface area contributed by atoms with E-state index in [2.05, 4.69) is 5.32 Å². The number of Topliss-reactive ketones (excluding diaryl/α,β-unsaturated/α-hetero) is 1. The maximum absolute atomic E-state index is 12.5. The second-order valence-electron chi connectivity index (χ2n) is 5.49. The number of hydrogen-bond donors (Lipinski definition) is 1. The van der Waals surface area contributed by atoms with E-state index in [4.69, 9.17) is 11.6 Å². The second-order valence-corrected chi connectivity index (χ2v) is 7.91. The number of nitrogens with zero attached hydrogens (tertiary/aromatic N) is 1. The molecule has 0 aromatic heterocycles. The van der Waals surface area contributed by atoms with Crippen molar-refractivity contribution >= 4 is 44.7 Å². The molecule has 0 aliphatic carbocycles. The van der Waals surface area contributed by atoms with Gasteiger partial charge < -0.3 is 5.32 Å². The summed E-state index contributed by atoms with van der Waals surface area (Å²) < 4.78 is 24.4. The van der Waals surface area contributed by atoms with Crippen molar-refractivity contribution in [2.75, 3.05) is 22.9 Å². The number of amides is 1. The normalized spacial score (nSPS) is 11.0. The number of rotatable bonds is 5. The number of anilines is 2. The minimum Gasteiger partial charge on any atom is -0.322 e. The number of carbonyl (C=O) groups is 2. The van der Waals surface area contributed by atoms with E-state index >= 15 is 0 Å². The minimum atomic E-state index is -3.46. The van der Waals surface area contributed by atoms with E-state index in [9.17, 15) is 18.0 Å². The minimum absolute atomic E-state index is 0.120. The van der Waals surface area contributed by atoms with Crippen molar-refractivity contribution in [3.05, 3.63) is 58.6 Å². The van der Waals surface area contributed by atoms with Gasteiger partial charge in [-0.25, -0.2) is 8.42 Å². The van der Waals surface area contributed by atoms with E-state index < -0.39 is 15.9 Å². The van der Waals surface area contributed by atoms with E-state index in [1.165, 1.54) is 32.2 Å². The molecule has 0 fully saturated rings. The fourth-order valence-electron chi connectivity index (χ4n) is 2.09. The monoisotopic (exact) mass is 380 g/mol. The Bertz CT molecular complexity index is 941. The van der Waals surface area contributed by atoms with Gasteiger partial charge in [-0.05, 0) is 37.3 Å². The summed E-state index contributed by atoms with van der Waals surface area (Å²) in [5, 5.41) is 2.84. The first kappa shape index (κ1) is 19.0. The van der Waals surface area contributed by atoms with E-state index in [1.54, 1.807) is 24.3 Å². The van der Waals surface area contributed by atoms with Crippen LogP contribution < -0.4 is 9.62 Å². The van der Waals surface area contributed by atoms with Crippen LogP contribution in [0.25, 0.3) is 0 Å². The van der Waals surface area contributed by atoms with Crippen LogP contribution in [0.1, 0.15) is 27.6 Å². The van der Waals surface area contributed by atoms with Gasteiger partial charge in [-0.2, -0.15) is 0 Å². The van der Waals surface area contributed by atoms with E-state index in [1.807, 2.05) is 0 Å². The molecule has 0 aliphatic heterocycles. The van der Waals surface area contributed by atoms with Crippen LogP contribution in [0.3, 0.4) is 0 Å². The molecule has 2 aromatic carbocycles. The molecular weight excluding hydrogens is 364 g/mol. The Kier molecular flexibility index (Phi) is 5.49. The van der Waals surface area contributed by atoms with Crippen LogP contribution in [-0.4, -0.2) is 33.4 Å². The molecule has 8 heteroatoms. The van der Waals surface area contributed by atoms with Crippen LogP contribution in [0.15, 0.2) is 42.5 Å². The lowest BCUT2D eigenvalue weighted by molar-refractivity contribution is 0.101. The third-order valence-electron chi connectivity index (χ3n) is 3.58. The summed E-state index contributed by atoms with van der Waals surface area (Å²) >= 11 is 6.08. The van der Waals surface area contributed by atoms with E-state index in [-0.39, 0.29) is 16.4 Å². The van der Waals surface area contributed by atoms with Crippen LogP contribution in [0, 0.1) is 0 Å². The number of hydrogen-bond acceptors (Lipinski definition) is 4. The average molecular weight is 381 g/mol. The van der Waals surface area contributed by atoms with Crippen molar-refractivity contribution in [2.45, 2.75) is 6.92 Å². The van der Waals surface area contributed by atoms with E-state index in [0.717, 1.165) is 10.6 Å². The Morgan fingerprint density at radius 3 is 2.40 bits per heavy atom. The summed E-state index contributed by atoms with van der Waals surface area (Å²) in [6, 6.07) is 10.9. The van der Waals surface area contributed by atoms with Gasteiger partial charge >= 0.3 is 0 Å². The summed E-state index contributed by atoms with van der Waals surface area (Å²) in [5.74, 6) is -0.625. The van der Waals surface area contributed by atoms with Gasteiger partial charge in [0, 0.05) is 18.3 Å². The van der Waals surface area contributed by atoms with Crippen molar-refractivity contribution < 1.29 is 18.0 Å². The molecule has 1 amide bonds. The van der Waals surface area contributed by atoms with Crippen molar-refractivity contribution in [3.8, 4) is 0 Å². The van der Waals surface area contributed by atoms with Gasteiger partial charge in [-0.1, -0.05) is 23.7 Å². The highest BCUT2D eigenvalue weighted by Gasteiger charge is 2.17. The van der Waals surface area contributed by atoms with Crippen LogP contribution in [0.2, 0.25) is 5.02 Å². The molecule has 0 saturated carbocycles. The van der Waals surface area contributed by atoms with Gasteiger partial charge in [0.1, 0.15) is 0 Å².